The van der Waals surface area contributed by atoms with E-state index in [-0.39, 0.29) is 12.5 Å². The molecule has 2 rings (SSSR count). The van der Waals surface area contributed by atoms with E-state index >= 15 is 0 Å². The number of esters is 1. The quantitative estimate of drug-likeness (QED) is 0.853. The van der Waals surface area contributed by atoms with Crippen molar-refractivity contribution in [1.29, 1.82) is 0 Å². The molecule has 0 saturated heterocycles. The van der Waals surface area contributed by atoms with Crippen molar-refractivity contribution < 1.29 is 14.3 Å². The highest BCUT2D eigenvalue weighted by molar-refractivity contribution is 6.30. The summed E-state index contributed by atoms with van der Waals surface area (Å²) in [7, 11) is 1.72. The van der Waals surface area contributed by atoms with Crippen LogP contribution in [0.25, 0.3) is 11.3 Å². The van der Waals surface area contributed by atoms with Crippen molar-refractivity contribution in [2.45, 2.75) is 13.8 Å². The monoisotopic (exact) mass is 335 g/mol. The average molecular weight is 336 g/mol. The predicted molar refractivity (Wildman–Crippen MR) is 88.1 cm³/mol. The van der Waals surface area contributed by atoms with Gasteiger partial charge in [-0.15, -0.1) is 0 Å². The van der Waals surface area contributed by atoms with Gasteiger partial charge in [-0.1, -0.05) is 37.6 Å². The molecule has 0 fully saturated rings. The van der Waals surface area contributed by atoms with Gasteiger partial charge in [-0.05, 0) is 12.1 Å². The number of amides is 1. The van der Waals surface area contributed by atoms with Crippen LogP contribution in [0.1, 0.15) is 13.8 Å². The van der Waals surface area contributed by atoms with Crippen LogP contribution in [0.5, 0.6) is 0 Å². The lowest BCUT2D eigenvalue weighted by Gasteiger charge is -2.07. The fraction of sp³-hybridized carbons (Fsp3) is 0.312. The zero-order chi connectivity index (χ0) is 17.0. The smallest absolute Gasteiger partial charge is 0.308 e. The molecule has 0 saturated carbocycles. The Hall–Kier alpha value is -2.34. The minimum absolute atomic E-state index is 0.268. The summed E-state index contributed by atoms with van der Waals surface area (Å²) in [5.41, 5.74) is 1.59. The van der Waals surface area contributed by atoms with Gasteiger partial charge in [-0.3, -0.25) is 14.3 Å². The molecule has 0 unspecified atom stereocenters. The lowest BCUT2D eigenvalue weighted by atomic mass is 10.1. The van der Waals surface area contributed by atoms with E-state index in [2.05, 4.69) is 10.4 Å². The van der Waals surface area contributed by atoms with Gasteiger partial charge < -0.3 is 10.1 Å². The fourth-order valence-electron chi connectivity index (χ4n) is 1.83. The summed E-state index contributed by atoms with van der Waals surface area (Å²) >= 11 is 5.86. The van der Waals surface area contributed by atoms with Gasteiger partial charge in [0.1, 0.15) is 5.82 Å². The second-order valence-electron chi connectivity index (χ2n) is 5.36. The van der Waals surface area contributed by atoms with Gasteiger partial charge in [0.2, 0.25) is 0 Å². The minimum atomic E-state index is -0.412. The zero-order valence-corrected chi connectivity index (χ0v) is 13.9. The second kappa shape index (κ2) is 7.28. The van der Waals surface area contributed by atoms with Crippen LogP contribution < -0.4 is 5.32 Å². The van der Waals surface area contributed by atoms with E-state index in [0.29, 0.717) is 16.5 Å². The number of carbonyl (C=O) groups excluding carboxylic acids is 2. The normalized spacial score (nSPS) is 10.7. The van der Waals surface area contributed by atoms with Gasteiger partial charge in [0, 0.05) is 23.7 Å². The van der Waals surface area contributed by atoms with Crippen molar-refractivity contribution in [2.75, 3.05) is 11.9 Å². The van der Waals surface area contributed by atoms with Crippen LogP contribution in [0.4, 0.5) is 5.82 Å². The largest absolute Gasteiger partial charge is 0.455 e. The summed E-state index contributed by atoms with van der Waals surface area (Å²) in [6, 6.07) is 8.98. The van der Waals surface area contributed by atoms with Gasteiger partial charge in [0.05, 0.1) is 11.6 Å². The first kappa shape index (κ1) is 17.0. The number of carbonyl (C=O) groups is 2. The summed E-state index contributed by atoms with van der Waals surface area (Å²) in [5.74, 6) is -0.576. The van der Waals surface area contributed by atoms with E-state index in [1.54, 1.807) is 43.8 Å². The highest BCUT2D eigenvalue weighted by Crippen LogP contribution is 2.23. The van der Waals surface area contributed by atoms with Crippen molar-refractivity contribution in [3.63, 3.8) is 0 Å². The van der Waals surface area contributed by atoms with Crippen molar-refractivity contribution in [3.05, 3.63) is 35.4 Å². The van der Waals surface area contributed by atoms with Crippen LogP contribution in [0.2, 0.25) is 5.02 Å². The predicted octanol–water partition coefficient (Wildman–Crippen LogP) is 2.88. The minimum Gasteiger partial charge on any atom is -0.455 e. The van der Waals surface area contributed by atoms with E-state index in [4.69, 9.17) is 16.3 Å². The maximum absolute atomic E-state index is 11.8. The van der Waals surface area contributed by atoms with Crippen LogP contribution >= 0.6 is 11.6 Å². The highest BCUT2D eigenvalue weighted by atomic mass is 35.5. The lowest BCUT2D eigenvalue weighted by Crippen LogP contribution is -2.23. The van der Waals surface area contributed by atoms with Gasteiger partial charge in [-0.2, -0.15) is 5.10 Å². The number of nitrogens with zero attached hydrogens (tertiary/aromatic N) is 2. The standard InChI is InChI=1S/C16H18ClN3O3/c1-10(2)16(22)23-9-15(21)18-14-8-13(19-20(14)3)11-4-6-12(17)7-5-11/h4-8,10H,9H2,1-3H3,(H,18,21). The second-order valence-corrected chi connectivity index (χ2v) is 5.79. The van der Waals surface area contributed by atoms with Gasteiger partial charge in [0.25, 0.3) is 5.91 Å². The number of halogens is 1. The Bertz CT molecular complexity index is 708. The first-order valence-electron chi connectivity index (χ1n) is 7.13. The van der Waals surface area contributed by atoms with E-state index < -0.39 is 11.9 Å². The molecule has 0 aliphatic heterocycles. The number of hydrogen-bond donors (Lipinski definition) is 1. The molecule has 0 spiro atoms. The molecular weight excluding hydrogens is 318 g/mol. The molecule has 2 aromatic rings. The van der Waals surface area contributed by atoms with Crippen LogP contribution in [0.3, 0.4) is 0 Å². The van der Waals surface area contributed by atoms with Gasteiger partial charge >= 0.3 is 5.97 Å². The number of nitrogens with one attached hydrogen (secondary N) is 1. The maximum Gasteiger partial charge on any atom is 0.308 e. The molecule has 0 radical (unpaired) electrons. The third-order valence-electron chi connectivity index (χ3n) is 3.10. The summed E-state index contributed by atoms with van der Waals surface area (Å²) < 4.78 is 6.43. The molecule has 1 amide bonds. The number of hydrogen-bond acceptors (Lipinski definition) is 4. The van der Waals surface area contributed by atoms with E-state index in [9.17, 15) is 9.59 Å². The number of aromatic nitrogens is 2. The molecule has 0 bridgehead atoms. The van der Waals surface area contributed by atoms with E-state index in [0.717, 1.165) is 5.56 Å². The van der Waals surface area contributed by atoms with Crippen molar-refractivity contribution in [3.8, 4) is 11.3 Å². The molecule has 0 aliphatic carbocycles. The van der Waals surface area contributed by atoms with Crippen LogP contribution in [0.15, 0.2) is 30.3 Å². The molecule has 1 aromatic carbocycles. The van der Waals surface area contributed by atoms with Crippen LogP contribution in [-0.4, -0.2) is 28.3 Å². The number of ether oxygens (including phenoxy) is 1. The highest BCUT2D eigenvalue weighted by Gasteiger charge is 2.13. The molecule has 1 heterocycles. The number of rotatable bonds is 5. The number of aryl methyl sites for hydroxylation is 1. The Balaban J connectivity index is 2.02. The van der Waals surface area contributed by atoms with Gasteiger partial charge in [0.15, 0.2) is 6.61 Å². The number of benzene rings is 1. The Morgan fingerprint density at radius 2 is 1.96 bits per heavy atom. The molecular formula is C16H18ClN3O3. The summed E-state index contributed by atoms with van der Waals surface area (Å²) in [5, 5.41) is 7.65. The first-order valence-corrected chi connectivity index (χ1v) is 7.51. The summed E-state index contributed by atoms with van der Waals surface area (Å²) in [4.78, 5) is 23.2. The van der Waals surface area contributed by atoms with Crippen LogP contribution in [-0.2, 0) is 21.4 Å². The maximum atomic E-state index is 11.8. The van der Waals surface area contributed by atoms with E-state index in [1.165, 1.54) is 0 Å². The molecule has 23 heavy (non-hydrogen) atoms. The van der Waals surface area contributed by atoms with Crippen LogP contribution in [0, 0.1) is 5.92 Å². The topological polar surface area (TPSA) is 73.2 Å². The zero-order valence-electron chi connectivity index (χ0n) is 13.2. The lowest BCUT2D eigenvalue weighted by molar-refractivity contribution is -0.150. The summed E-state index contributed by atoms with van der Waals surface area (Å²) in [6.45, 7) is 3.10. The molecule has 7 heteroatoms. The Morgan fingerprint density at radius 1 is 1.30 bits per heavy atom. The van der Waals surface area contributed by atoms with Crippen molar-refractivity contribution >= 4 is 29.3 Å². The SMILES string of the molecule is CC(C)C(=O)OCC(=O)Nc1cc(-c2ccc(Cl)cc2)nn1C. The molecule has 6 nitrogen and oxygen atoms in total. The van der Waals surface area contributed by atoms with E-state index in [1.807, 2.05) is 12.1 Å². The average Bonchev–Trinajstić information content (AvgIpc) is 2.86. The Kier molecular flexibility index (Phi) is 5.39. The Labute approximate surface area is 139 Å². The van der Waals surface area contributed by atoms with Crippen molar-refractivity contribution in [1.82, 2.24) is 9.78 Å². The molecule has 0 aliphatic rings. The molecule has 122 valence electrons. The Morgan fingerprint density at radius 3 is 2.57 bits per heavy atom. The molecule has 0 atom stereocenters. The van der Waals surface area contributed by atoms with Gasteiger partial charge in [-0.25, -0.2) is 0 Å². The van der Waals surface area contributed by atoms with Crippen molar-refractivity contribution in [2.24, 2.45) is 13.0 Å². The summed E-state index contributed by atoms with van der Waals surface area (Å²) in [6.07, 6.45) is 0. The first-order chi connectivity index (χ1) is 10.9. The number of anilines is 1. The fourth-order valence-corrected chi connectivity index (χ4v) is 1.95. The third kappa shape index (κ3) is 4.56. The third-order valence-corrected chi connectivity index (χ3v) is 3.36. The molecule has 1 aromatic heterocycles. The molecule has 1 N–H and O–H groups in total.